The molecule has 0 atom stereocenters. The molecule has 142 valence electrons. The van der Waals surface area contributed by atoms with Gasteiger partial charge in [0.25, 0.3) is 0 Å². The maximum atomic E-state index is 6.00. The molecule has 4 aromatic rings. The number of ether oxygens (including phenoxy) is 2. The zero-order chi connectivity index (χ0) is 19.5. The molecule has 4 rings (SSSR count). The van der Waals surface area contributed by atoms with Gasteiger partial charge in [-0.15, -0.1) is 10.2 Å². The van der Waals surface area contributed by atoms with E-state index in [2.05, 4.69) is 20.3 Å². The van der Waals surface area contributed by atoms with Crippen molar-refractivity contribution in [3.63, 3.8) is 0 Å². The van der Waals surface area contributed by atoms with Crippen LogP contribution in [0.25, 0.3) is 22.8 Å². The van der Waals surface area contributed by atoms with Crippen LogP contribution in [0.2, 0.25) is 5.02 Å². The van der Waals surface area contributed by atoms with Crippen molar-refractivity contribution in [1.82, 2.24) is 20.3 Å². The summed E-state index contributed by atoms with van der Waals surface area (Å²) in [6.45, 7) is 0. The van der Waals surface area contributed by atoms with Crippen molar-refractivity contribution in [2.75, 3.05) is 14.2 Å². The second kappa shape index (κ2) is 7.69. The Labute approximate surface area is 165 Å². The fourth-order valence-corrected chi connectivity index (χ4v) is 2.80. The molecule has 28 heavy (non-hydrogen) atoms. The van der Waals surface area contributed by atoms with Gasteiger partial charge in [0, 0.05) is 16.1 Å². The molecule has 2 aromatic carbocycles. The number of nitrogens with zero attached hydrogens (tertiary/aromatic N) is 4. The van der Waals surface area contributed by atoms with E-state index in [1.165, 1.54) is 0 Å². The number of halogens is 1. The summed E-state index contributed by atoms with van der Waals surface area (Å²) in [7, 11) is 3.14. The van der Waals surface area contributed by atoms with Crippen molar-refractivity contribution in [3.8, 4) is 34.3 Å². The number of benzene rings is 2. The Hall–Kier alpha value is -3.39. The largest absolute Gasteiger partial charge is 0.493 e. The van der Waals surface area contributed by atoms with Crippen molar-refractivity contribution >= 4 is 11.6 Å². The van der Waals surface area contributed by atoms with Gasteiger partial charge in [-0.1, -0.05) is 28.9 Å². The smallest absolute Gasteiger partial charge is 0.247 e. The van der Waals surface area contributed by atoms with E-state index in [4.69, 9.17) is 30.0 Å². The van der Waals surface area contributed by atoms with E-state index in [9.17, 15) is 0 Å². The van der Waals surface area contributed by atoms with E-state index < -0.39 is 0 Å². The highest BCUT2D eigenvalue weighted by atomic mass is 35.5. The molecule has 0 unspecified atom stereocenters. The van der Waals surface area contributed by atoms with Gasteiger partial charge in [-0.25, -0.2) is 0 Å². The van der Waals surface area contributed by atoms with E-state index >= 15 is 0 Å². The van der Waals surface area contributed by atoms with Gasteiger partial charge in [-0.3, -0.25) is 0 Å². The molecule has 0 aliphatic rings. The Morgan fingerprint density at radius 2 is 1.79 bits per heavy atom. The predicted octanol–water partition coefficient (Wildman–Crippen LogP) is 4.05. The molecule has 0 aliphatic heterocycles. The van der Waals surface area contributed by atoms with Crippen LogP contribution in [0.15, 0.2) is 51.4 Å². The highest BCUT2D eigenvalue weighted by molar-refractivity contribution is 6.30. The quantitative estimate of drug-likeness (QED) is 0.480. The third kappa shape index (κ3) is 3.67. The second-order valence-electron chi connectivity index (χ2n) is 5.77. The lowest BCUT2D eigenvalue weighted by molar-refractivity contribution is 0.355. The number of methoxy groups -OCH3 is 2. The molecule has 0 radical (unpaired) electrons. The van der Waals surface area contributed by atoms with Gasteiger partial charge in [0.1, 0.15) is 6.42 Å². The first-order valence-corrected chi connectivity index (χ1v) is 8.67. The first-order valence-electron chi connectivity index (χ1n) is 8.29. The monoisotopic (exact) mass is 398 g/mol. The molecule has 0 amide bonds. The molecule has 0 saturated carbocycles. The molecule has 8 nitrogen and oxygen atoms in total. The van der Waals surface area contributed by atoms with Gasteiger partial charge in [0.05, 0.1) is 14.2 Å². The van der Waals surface area contributed by atoms with Gasteiger partial charge >= 0.3 is 0 Å². The van der Waals surface area contributed by atoms with Gasteiger partial charge in [-0.05, 0) is 30.3 Å². The van der Waals surface area contributed by atoms with Crippen molar-refractivity contribution in [2.24, 2.45) is 0 Å². The van der Waals surface area contributed by atoms with E-state index in [-0.39, 0.29) is 6.42 Å². The summed E-state index contributed by atoms with van der Waals surface area (Å²) < 4.78 is 21.5. The molecule has 0 saturated heterocycles. The minimum atomic E-state index is 0.216. The van der Waals surface area contributed by atoms with Crippen LogP contribution in [0.4, 0.5) is 0 Å². The van der Waals surface area contributed by atoms with Crippen molar-refractivity contribution in [3.05, 3.63) is 59.3 Å². The maximum Gasteiger partial charge on any atom is 0.247 e. The van der Waals surface area contributed by atoms with Crippen LogP contribution in [0, 0.1) is 0 Å². The Balaban J connectivity index is 1.53. The zero-order valence-electron chi connectivity index (χ0n) is 15.0. The molecular weight excluding hydrogens is 384 g/mol. The van der Waals surface area contributed by atoms with Crippen LogP contribution in [0.3, 0.4) is 0 Å². The summed E-state index contributed by atoms with van der Waals surface area (Å²) in [6, 6.07) is 12.6. The summed E-state index contributed by atoms with van der Waals surface area (Å²) in [5, 5.41) is 12.7. The normalized spacial score (nSPS) is 10.8. The number of hydrogen-bond donors (Lipinski definition) is 0. The van der Waals surface area contributed by atoms with E-state index in [1.54, 1.807) is 38.5 Å². The van der Waals surface area contributed by atoms with Crippen LogP contribution in [0.5, 0.6) is 11.5 Å². The van der Waals surface area contributed by atoms with Crippen LogP contribution in [-0.2, 0) is 6.42 Å². The van der Waals surface area contributed by atoms with Crippen LogP contribution >= 0.6 is 11.6 Å². The third-order valence-electron chi connectivity index (χ3n) is 3.95. The molecule has 9 heteroatoms. The molecule has 0 spiro atoms. The third-order valence-corrected chi connectivity index (χ3v) is 4.19. The molecule has 0 N–H and O–H groups in total. The predicted molar refractivity (Wildman–Crippen MR) is 100 cm³/mol. The molecule has 0 aliphatic carbocycles. The summed E-state index contributed by atoms with van der Waals surface area (Å²) >= 11 is 6.00. The molecule has 2 heterocycles. The molecule has 0 fully saturated rings. The Morgan fingerprint density at radius 3 is 2.57 bits per heavy atom. The van der Waals surface area contributed by atoms with Crippen LogP contribution in [0.1, 0.15) is 11.8 Å². The number of rotatable bonds is 6. The SMILES string of the molecule is COc1ccc(-c2nnc(Cc3nc(-c4cccc(Cl)c4)no3)o2)cc1OC. The Kier molecular flexibility index (Phi) is 4.94. The molecule has 0 bridgehead atoms. The topological polar surface area (TPSA) is 96.3 Å². The average molecular weight is 399 g/mol. The standard InChI is InChI=1S/C19H15ClN4O4/c1-25-14-7-6-12(9-15(14)26-2)19-23-22-17(27-19)10-16-21-18(24-28-16)11-4-3-5-13(20)8-11/h3-9H,10H2,1-2H3. The van der Waals surface area contributed by atoms with Gasteiger partial charge in [-0.2, -0.15) is 4.98 Å². The van der Waals surface area contributed by atoms with E-state index in [0.717, 1.165) is 5.56 Å². The first-order chi connectivity index (χ1) is 13.7. The first kappa shape index (κ1) is 18.0. The van der Waals surface area contributed by atoms with Crippen molar-refractivity contribution in [2.45, 2.75) is 6.42 Å². The second-order valence-corrected chi connectivity index (χ2v) is 6.21. The lowest BCUT2D eigenvalue weighted by Gasteiger charge is -2.07. The minimum absolute atomic E-state index is 0.216. The highest BCUT2D eigenvalue weighted by Crippen LogP contribution is 2.32. The Morgan fingerprint density at radius 1 is 0.929 bits per heavy atom. The zero-order valence-corrected chi connectivity index (χ0v) is 15.8. The van der Waals surface area contributed by atoms with Crippen molar-refractivity contribution < 1.29 is 18.4 Å². The molecule has 2 aromatic heterocycles. The summed E-state index contributed by atoms with van der Waals surface area (Å²) in [5.74, 6) is 2.69. The Bertz CT molecular complexity index is 1110. The van der Waals surface area contributed by atoms with Crippen LogP contribution < -0.4 is 9.47 Å². The lowest BCUT2D eigenvalue weighted by atomic mass is 10.2. The van der Waals surface area contributed by atoms with Gasteiger partial charge in [0.15, 0.2) is 11.5 Å². The van der Waals surface area contributed by atoms with Crippen molar-refractivity contribution in [1.29, 1.82) is 0 Å². The summed E-state index contributed by atoms with van der Waals surface area (Å²) in [6.07, 6.45) is 0.216. The molecular formula is C19H15ClN4O4. The fourth-order valence-electron chi connectivity index (χ4n) is 2.61. The summed E-state index contributed by atoms with van der Waals surface area (Å²) in [4.78, 5) is 4.35. The maximum absolute atomic E-state index is 6.00. The van der Waals surface area contributed by atoms with Crippen LogP contribution in [-0.4, -0.2) is 34.6 Å². The highest BCUT2D eigenvalue weighted by Gasteiger charge is 2.16. The van der Waals surface area contributed by atoms with Gasteiger partial charge < -0.3 is 18.4 Å². The van der Waals surface area contributed by atoms with E-state index in [1.807, 2.05) is 18.2 Å². The number of hydrogen-bond acceptors (Lipinski definition) is 8. The minimum Gasteiger partial charge on any atom is -0.493 e. The lowest BCUT2D eigenvalue weighted by Crippen LogP contribution is -1.90. The fraction of sp³-hybridized carbons (Fsp3) is 0.158. The average Bonchev–Trinajstić information content (AvgIpc) is 3.37. The number of aromatic nitrogens is 4. The van der Waals surface area contributed by atoms with Gasteiger partial charge in [0.2, 0.25) is 23.5 Å². The van der Waals surface area contributed by atoms with E-state index in [0.29, 0.717) is 45.6 Å². The summed E-state index contributed by atoms with van der Waals surface area (Å²) in [5.41, 5.74) is 1.47.